The fraction of sp³-hybridized carbons (Fsp3) is 0.206. The predicted octanol–water partition coefficient (Wildman–Crippen LogP) is 15.7. The average molecular weight is 899 g/mol. The molecular weight excluding hydrogens is 844 g/mol. The van der Waals surface area contributed by atoms with E-state index in [0.29, 0.717) is 13.9 Å². The van der Waals surface area contributed by atoms with E-state index in [2.05, 4.69) is 218 Å². The van der Waals surface area contributed by atoms with Gasteiger partial charge in [0.05, 0.1) is 11.2 Å². The minimum Gasteiger partial charge on any atom is -0.488 e. The Morgan fingerprint density at radius 1 is 0.551 bits per heavy atom. The van der Waals surface area contributed by atoms with Gasteiger partial charge in [0.1, 0.15) is 34.9 Å². The number of para-hydroxylation sites is 1. The summed E-state index contributed by atoms with van der Waals surface area (Å²) in [6, 6.07) is 53.4. The van der Waals surface area contributed by atoms with Crippen LogP contribution in [0.3, 0.4) is 0 Å². The van der Waals surface area contributed by atoms with Gasteiger partial charge in [-0.1, -0.05) is 141 Å². The summed E-state index contributed by atoms with van der Waals surface area (Å²) in [5.41, 5.74) is 21.5. The summed E-state index contributed by atoms with van der Waals surface area (Å²) in [4.78, 5) is 0. The van der Waals surface area contributed by atoms with E-state index in [0.717, 1.165) is 72.5 Å². The third-order valence-electron chi connectivity index (χ3n) is 15.0. The number of ether oxygens (including phenoxy) is 1. The van der Waals surface area contributed by atoms with Crippen LogP contribution in [0, 0.1) is 0 Å². The van der Waals surface area contributed by atoms with Crippen LogP contribution in [0.25, 0.3) is 94.0 Å². The molecule has 0 amide bonds. The number of rotatable bonds is 4. The van der Waals surface area contributed by atoms with E-state index in [1.54, 1.807) is 0 Å². The molecule has 6 heteroatoms. The molecule has 5 heterocycles. The van der Waals surface area contributed by atoms with Crippen LogP contribution in [-0.2, 0) is 22.9 Å². The first-order valence-corrected chi connectivity index (χ1v) is 24.5. The fourth-order valence-corrected chi connectivity index (χ4v) is 11.2. The molecule has 0 atom stereocenters. The highest BCUT2D eigenvalue weighted by Gasteiger charge is 2.36. The lowest BCUT2D eigenvalue weighted by Crippen LogP contribution is -2.38. The third-order valence-corrected chi connectivity index (χ3v) is 15.0. The van der Waals surface area contributed by atoms with Crippen molar-refractivity contribution in [1.82, 2.24) is 4.57 Å². The molecule has 0 fully saturated rings. The molecule has 5 nitrogen and oxygen atoms in total. The van der Waals surface area contributed by atoms with Gasteiger partial charge in [-0.05, 0) is 111 Å². The van der Waals surface area contributed by atoms with Crippen molar-refractivity contribution < 1.29 is 13.6 Å². The second-order valence-electron chi connectivity index (χ2n) is 22.6. The zero-order valence-electron chi connectivity index (χ0n) is 40.9. The highest BCUT2D eigenvalue weighted by molar-refractivity contribution is 6.74. The van der Waals surface area contributed by atoms with E-state index in [1.807, 2.05) is 0 Å². The zero-order valence-corrected chi connectivity index (χ0v) is 40.9. The minimum atomic E-state index is -0.0529. The number of fused-ring (bicyclic) bond motifs is 13. The lowest BCUT2D eigenvalue weighted by Gasteiger charge is -2.30. The molecule has 0 aliphatic carbocycles. The van der Waals surface area contributed by atoms with Gasteiger partial charge >= 0.3 is 0 Å². The van der Waals surface area contributed by atoms with Crippen molar-refractivity contribution in [3.8, 4) is 45.0 Å². The van der Waals surface area contributed by atoms with Gasteiger partial charge in [0.25, 0.3) is 0 Å². The Labute approximate surface area is 404 Å². The first kappa shape index (κ1) is 41.7. The molecule has 8 aromatic carbocycles. The zero-order chi connectivity index (χ0) is 47.3. The molecule has 2 aliphatic rings. The van der Waals surface area contributed by atoms with Crippen LogP contribution in [-0.4, -0.2) is 11.8 Å². The van der Waals surface area contributed by atoms with Gasteiger partial charge < -0.3 is 23.5 Å². The average Bonchev–Trinajstić information content (AvgIpc) is 4.02. The molecule has 13 rings (SSSR count). The van der Waals surface area contributed by atoms with Gasteiger partial charge in [0.15, 0.2) is 7.28 Å². The second-order valence-corrected chi connectivity index (χ2v) is 22.6. The summed E-state index contributed by atoms with van der Waals surface area (Å²) < 4.78 is 23.0. The molecule has 0 radical (unpaired) electrons. The molecule has 1 N–H and O–H groups in total. The number of hydrogen-bond donors (Lipinski definition) is 1. The lowest BCUT2D eigenvalue weighted by molar-refractivity contribution is 0.303. The summed E-state index contributed by atoms with van der Waals surface area (Å²) in [6.07, 6.45) is 0. The van der Waals surface area contributed by atoms with Gasteiger partial charge in [0.2, 0.25) is 0 Å². The van der Waals surface area contributed by atoms with Crippen LogP contribution in [0.2, 0.25) is 0 Å². The van der Waals surface area contributed by atoms with Gasteiger partial charge in [0, 0.05) is 77.7 Å². The van der Waals surface area contributed by atoms with Gasteiger partial charge in [-0.15, -0.1) is 0 Å². The number of anilines is 2. The van der Waals surface area contributed by atoms with Crippen LogP contribution >= 0.6 is 0 Å². The van der Waals surface area contributed by atoms with E-state index in [1.165, 1.54) is 71.8 Å². The van der Waals surface area contributed by atoms with Crippen LogP contribution in [0.15, 0.2) is 154 Å². The third kappa shape index (κ3) is 6.51. The Balaban J connectivity index is 1.17. The number of nitrogens with one attached hydrogen (secondary N) is 1. The SMILES string of the molecule is CC(C)(C)c1ccc(Nc2cc3oc4ccc(C(C)(C)C)cc4c3cc2-c2c3c(c4c5cc(C(C)(C)C)ccc5n5c4c2Bc2cc4oc(-c6ccccc6)cc4cc2-5)-c2ccccc2OC3)cc1. The van der Waals surface area contributed by atoms with Crippen molar-refractivity contribution in [3.05, 3.63) is 168 Å². The molecule has 0 saturated heterocycles. The van der Waals surface area contributed by atoms with E-state index >= 15 is 0 Å². The summed E-state index contributed by atoms with van der Waals surface area (Å²) in [5.74, 6) is 1.78. The highest BCUT2D eigenvalue weighted by atomic mass is 16.5. The normalized spacial score (nSPS) is 13.5. The molecule has 338 valence electrons. The molecule has 11 aromatic rings. The number of nitrogens with zero attached hydrogens (tertiary/aromatic N) is 1. The second kappa shape index (κ2) is 14.5. The van der Waals surface area contributed by atoms with E-state index in [-0.39, 0.29) is 16.2 Å². The Morgan fingerprint density at radius 3 is 1.99 bits per heavy atom. The molecule has 0 saturated carbocycles. The minimum absolute atomic E-state index is 0.0307. The maximum Gasteiger partial charge on any atom is 0.198 e. The lowest BCUT2D eigenvalue weighted by atomic mass is 9.57. The molecular formula is C63H55BN2O3. The largest absolute Gasteiger partial charge is 0.488 e. The monoisotopic (exact) mass is 898 g/mol. The standard InChI is InChI=1S/C63H55BN2O3/c1-61(2,3)37-19-23-40(24-20-37)65-48-33-55-43(42-29-39(63(7,8)9)22-26-52(42)68-55)31-44(48)57-46-34-67-51-18-14-13-17-41(51)56(46)58-45-30-38(62(4,5)6)21-25-49(45)66-50-27-36-28-53(35-15-11-10-12-16-35)69-54(36)32-47(50)64-59(57)60(58)66/h10-33,64-65H,34H2,1-9H3. The van der Waals surface area contributed by atoms with E-state index in [4.69, 9.17) is 13.6 Å². The Morgan fingerprint density at radius 2 is 1.23 bits per heavy atom. The molecule has 0 unspecified atom stereocenters. The first-order chi connectivity index (χ1) is 33.1. The summed E-state index contributed by atoms with van der Waals surface area (Å²) in [5, 5.41) is 9.80. The van der Waals surface area contributed by atoms with Crippen LogP contribution < -0.4 is 21.0 Å². The summed E-state index contributed by atoms with van der Waals surface area (Å²) >= 11 is 0. The van der Waals surface area contributed by atoms with Crippen molar-refractivity contribution in [1.29, 1.82) is 0 Å². The number of furan rings is 2. The maximum atomic E-state index is 6.89. The predicted molar refractivity (Wildman–Crippen MR) is 291 cm³/mol. The Kier molecular flexibility index (Phi) is 8.79. The van der Waals surface area contributed by atoms with Crippen molar-refractivity contribution in [2.45, 2.75) is 85.2 Å². The molecule has 0 bridgehead atoms. The number of hydrogen-bond acceptors (Lipinski definition) is 4. The van der Waals surface area contributed by atoms with Crippen molar-refractivity contribution in [2.75, 3.05) is 5.32 Å². The molecule has 2 aliphatic heterocycles. The fourth-order valence-electron chi connectivity index (χ4n) is 11.2. The van der Waals surface area contributed by atoms with Crippen LogP contribution in [0.5, 0.6) is 5.75 Å². The Hall–Kier alpha value is -7.44. The molecule has 69 heavy (non-hydrogen) atoms. The van der Waals surface area contributed by atoms with Gasteiger partial charge in [-0.25, -0.2) is 0 Å². The molecule has 3 aromatic heterocycles. The summed E-state index contributed by atoms with van der Waals surface area (Å²) in [7, 11) is 0.702. The number of benzene rings is 8. The van der Waals surface area contributed by atoms with Crippen molar-refractivity contribution in [3.63, 3.8) is 0 Å². The molecule has 0 spiro atoms. The van der Waals surface area contributed by atoms with Crippen molar-refractivity contribution in [2.24, 2.45) is 0 Å². The topological polar surface area (TPSA) is 52.5 Å². The quantitative estimate of drug-likeness (QED) is 0.179. The van der Waals surface area contributed by atoms with Gasteiger partial charge in [-0.2, -0.15) is 0 Å². The smallest absolute Gasteiger partial charge is 0.198 e. The van der Waals surface area contributed by atoms with Crippen LogP contribution in [0.4, 0.5) is 11.4 Å². The van der Waals surface area contributed by atoms with Gasteiger partial charge in [-0.3, -0.25) is 0 Å². The first-order valence-electron chi connectivity index (χ1n) is 24.5. The maximum absolute atomic E-state index is 6.89. The van der Waals surface area contributed by atoms with Crippen LogP contribution in [0.1, 0.15) is 84.6 Å². The Bertz CT molecular complexity index is 3940. The summed E-state index contributed by atoms with van der Waals surface area (Å²) in [6.45, 7) is 21.0. The van der Waals surface area contributed by atoms with E-state index in [9.17, 15) is 0 Å². The number of aromatic nitrogens is 1. The van der Waals surface area contributed by atoms with E-state index < -0.39 is 0 Å². The highest BCUT2D eigenvalue weighted by Crippen LogP contribution is 2.51. The van der Waals surface area contributed by atoms with Crippen molar-refractivity contribution >= 4 is 84.3 Å².